The molecule has 1 rings (SSSR count). The third-order valence-electron chi connectivity index (χ3n) is 2.55. The Morgan fingerprint density at radius 1 is 1.25 bits per heavy atom. The van der Waals surface area contributed by atoms with Crippen molar-refractivity contribution in [3.05, 3.63) is 34.9 Å². The number of hydrogen-bond acceptors (Lipinski definition) is 2. The van der Waals surface area contributed by atoms with Gasteiger partial charge >= 0.3 is 11.8 Å². The Morgan fingerprint density at radius 3 is 2.38 bits per heavy atom. The highest BCUT2D eigenvalue weighted by Crippen LogP contribution is 2.11. The van der Waals surface area contributed by atoms with Gasteiger partial charge in [-0.05, 0) is 30.5 Å². The summed E-state index contributed by atoms with van der Waals surface area (Å²) in [6.07, 6.45) is 0. The van der Waals surface area contributed by atoms with Gasteiger partial charge in [0.1, 0.15) is 0 Å². The standard InChI is InChI=1S/C12H16N2O2/c1-8-4-5-10(6-9(8)2)7-14(3)12(16)11(13)15/h4-6H,7H2,1-3H3,(H2,13,15). The van der Waals surface area contributed by atoms with Crippen LogP contribution in [0.2, 0.25) is 0 Å². The van der Waals surface area contributed by atoms with E-state index in [1.165, 1.54) is 10.5 Å². The van der Waals surface area contributed by atoms with Crippen LogP contribution in [0.3, 0.4) is 0 Å². The van der Waals surface area contributed by atoms with Gasteiger partial charge in [0.25, 0.3) is 0 Å². The highest BCUT2D eigenvalue weighted by molar-refractivity contribution is 6.34. The lowest BCUT2D eigenvalue weighted by Gasteiger charge is -2.15. The van der Waals surface area contributed by atoms with Gasteiger partial charge in [-0.2, -0.15) is 0 Å². The van der Waals surface area contributed by atoms with E-state index in [0.29, 0.717) is 6.54 Å². The summed E-state index contributed by atoms with van der Waals surface area (Å²) in [6.45, 7) is 4.43. The van der Waals surface area contributed by atoms with Gasteiger partial charge in [0.15, 0.2) is 0 Å². The summed E-state index contributed by atoms with van der Waals surface area (Å²) in [7, 11) is 1.56. The summed E-state index contributed by atoms with van der Waals surface area (Å²) >= 11 is 0. The van der Waals surface area contributed by atoms with E-state index in [4.69, 9.17) is 5.73 Å². The van der Waals surface area contributed by atoms with E-state index in [0.717, 1.165) is 11.1 Å². The molecule has 0 aliphatic rings. The zero-order valence-electron chi connectivity index (χ0n) is 9.78. The van der Waals surface area contributed by atoms with E-state index >= 15 is 0 Å². The Morgan fingerprint density at radius 2 is 1.88 bits per heavy atom. The minimum absolute atomic E-state index is 0.392. The van der Waals surface area contributed by atoms with Gasteiger partial charge < -0.3 is 10.6 Å². The normalized spacial score (nSPS) is 9.94. The third kappa shape index (κ3) is 2.82. The molecule has 0 unspecified atom stereocenters. The molecule has 0 aliphatic heterocycles. The van der Waals surface area contributed by atoms with E-state index in [-0.39, 0.29) is 0 Å². The van der Waals surface area contributed by atoms with Gasteiger partial charge in [0.05, 0.1) is 0 Å². The van der Waals surface area contributed by atoms with Gasteiger partial charge in [0.2, 0.25) is 0 Å². The molecular formula is C12H16N2O2. The second kappa shape index (κ2) is 4.79. The summed E-state index contributed by atoms with van der Waals surface area (Å²) in [5.74, 6) is -1.59. The number of hydrogen-bond donors (Lipinski definition) is 1. The first-order chi connectivity index (χ1) is 7.41. The maximum absolute atomic E-state index is 11.3. The van der Waals surface area contributed by atoms with Crippen LogP contribution in [0.25, 0.3) is 0 Å². The molecule has 0 atom stereocenters. The first-order valence-corrected chi connectivity index (χ1v) is 5.03. The molecule has 0 radical (unpaired) electrons. The largest absolute Gasteiger partial charge is 0.361 e. The lowest BCUT2D eigenvalue weighted by Crippen LogP contribution is -2.37. The van der Waals surface area contributed by atoms with Gasteiger partial charge in [-0.3, -0.25) is 9.59 Å². The lowest BCUT2D eigenvalue weighted by atomic mass is 10.1. The molecule has 0 spiro atoms. The molecule has 2 N–H and O–H groups in total. The molecule has 1 aromatic carbocycles. The van der Waals surface area contributed by atoms with Gasteiger partial charge in [0, 0.05) is 13.6 Å². The van der Waals surface area contributed by atoms with E-state index in [2.05, 4.69) is 0 Å². The number of benzene rings is 1. The number of carbonyl (C=O) groups is 2. The Labute approximate surface area is 95.0 Å². The smallest absolute Gasteiger partial charge is 0.311 e. The Hall–Kier alpha value is -1.84. The summed E-state index contributed by atoms with van der Waals surface area (Å²) in [5.41, 5.74) is 8.27. The summed E-state index contributed by atoms with van der Waals surface area (Å²) < 4.78 is 0. The predicted octanol–water partition coefficient (Wildman–Crippen LogP) is 0.747. The fourth-order valence-corrected chi connectivity index (χ4v) is 1.44. The third-order valence-corrected chi connectivity index (χ3v) is 2.55. The quantitative estimate of drug-likeness (QED) is 0.747. The maximum atomic E-state index is 11.3. The van der Waals surface area contributed by atoms with Crippen molar-refractivity contribution in [2.75, 3.05) is 7.05 Å². The summed E-state index contributed by atoms with van der Waals surface area (Å²) in [4.78, 5) is 23.2. The van der Waals surface area contributed by atoms with E-state index in [9.17, 15) is 9.59 Å². The van der Waals surface area contributed by atoms with E-state index in [1.54, 1.807) is 7.05 Å². The number of nitrogens with two attached hydrogens (primary N) is 1. The first kappa shape index (κ1) is 12.2. The number of nitrogens with zero attached hydrogens (tertiary/aromatic N) is 1. The van der Waals surface area contributed by atoms with Crippen molar-refractivity contribution in [1.29, 1.82) is 0 Å². The molecule has 2 amide bonds. The van der Waals surface area contributed by atoms with Crippen molar-refractivity contribution in [3.63, 3.8) is 0 Å². The monoisotopic (exact) mass is 220 g/mol. The van der Waals surface area contributed by atoms with Crippen LogP contribution < -0.4 is 5.73 Å². The summed E-state index contributed by atoms with van der Waals surface area (Å²) in [5, 5.41) is 0. The lowest BCUT2D eigenvalue weighted by molar-refractivity contribution is -0.143. The number of rotatable bonds is 2. The number of primary amides is 1. The molecule has 0 fully saturated rings. The van der Waals surface area contributed by atoms with Crippen LogP contribution in [0, 0.1) is 13.8 Å². The van der Waals surface area contributed by atoms with Crippen molar-refractivity contribution < 1.29 is 9.59 Å². The molecular weight excluding hydrogens is 204 g/mol. The summed E-state index contributed by atoms with van der Waals surface area (Å²) in [6, 6.07) is 5.93. The topological polar surface area (TPSA) is 63.4 Å². The highest BCUT2D eigenvalue weighted by atomic mass is 16.2. The number of likely N-dealkylation sites (N-methyl/N-ethyl adjacent to an activating group) is 1. The van der Waals surface area contributed by atoms with Crippen molar-refractivity contribution in [2.24, 2.45) is 5.73 Å². The van der Waals surface area contributed by atoms with E-state index in [1.807, 2.05) is 32.0 Å². The van der Waals surface area contributed by atoms with Gasteiger partial charge in [-0.1, -0.05) is 18.2 Å². The molecule has 0 saturated carbocycles. The van der Waals surface area contributed by atoms with Crippen molar-refractivity contribution in [3.8, 4) is 0 Å². The number of amides is 2. The van der Waals surface area contributed by atoms with Crippen LogP contribution in [0.4, 0.5) is 0 Å². The molecule has 0 heterocycles. The molecule has 4 heteroatoms. The molecule has 0 aromatic heterocycles. The van der Waals surface area contributed by atoms with E-state index < -0.39 is 11.8 Å². The maximum Gasteiger partial charge on any atom is 0.311 e. The predicted molar refractivity (Wildman–Crippen MR) is 61.6 cm³/mol. The highest BCUT2D eigenvalue weighted by Gasteiger charge is 2.14. The number of carbonyl (C=O) groups excluding carboxylic acids is 2. The van der Waals surface area contributed by atoms with Crippen LogP contribution in [0.15, 0.2) is 18.2 Å². The van der Waals surface area contributed by atoms with Crippen LogP contribution in [0.1, 0.15) is 16.7 Å². The zero-order valence-corrected chi connectivity index (χ0v) is 9.78. The Kier molecular flexibility index (Phi) is 3.66. The van der Waals surface area contributed by atoms with Crippen molar-refractivity contribution in [2.45, 2.75) is 20.4 Å². The zero-order chi connectivity index (χ0) is 12.3. The fourth-order valence-electron chi connectivity index (χ4n) is 1.44. The van der Waals surface area contributed by atoms with Crippen LogP contribution in [0.5, 0.6) is 0 Å². The first-order valence-electron chi connectivity index (χ1n) is 5.03. The van der Waals surface area contributed by atoms with Crippen molar-refractivity contribution in [1.82, 2.24) is 4.90 Å². The minimum Gasteiger partial charge on any atom is -0.361 e. The Bertz CT molecular complexity index is 427. The van der Waals surface area contributed by atoms with Gasteiger partial charge in [-0.15, -0.1) is 0 Å². The molecule has 4 nitrogen and oxygen atoms in total. The molecule has 16 heavy (non-hydrogen) atoms. The average molecular weight is 220 g/mol. The molecule has 1 aromatic rings. The van der Waals surface area contributed by atoms with Crippen LogP contribution in [-0.4, -0.2) is 23.8 Å². The molecule has 0 saturated heterocycles. The second-order valence-electron chi connectivity index (χ2n) is 3.94. The second-order valence-corrected chi connectivity index (χ2v) is 3.94. The molecule has 0 aliphatic carbocycles. The molecule has 86 valence electrons. The fraction of sp³-hybridized carbons (Fsp3) is 0.333. The van der Waals surface area contributed by atoms with Crippen LogP contribution >= 0.6 is 0 Å². The Balaban J connectivity index is 2.77. The van der Waals surface area contributed by atoms with Crippen LogP contribution in [-0.2, 0) is 16.1 Å². The number of aryl methyl sites for hydroxylation is 2. The van der Waals surface area contributed by atoms with Gasteiger partial charge in [-0.25, -0.2) is 0 Å². The SMILES string of the molecule is Cc1ccc(CN(C)C(=O)C(N)=O)cc1C. The molecule has 0 bridgehead atoms. The minimum atomic E-state index is -0.925. The average Bonchev–Trinajstić information content (AvgIpc) is 2.22. The van der Waals surface area contributed by atoms with Crippen molar-refractivity contribution >= 4 is 11.8 Å².